The number of sulfone groups is 1. The van der Waals surface area contributed by atoms with Gasteiger partial charge in [-0.2, -0.15) is 0 Å². The molecule has 3 aromatic rings. The first kappa shape index (κ1) is 20.5. The van der Waals surface area contributed by atoms with E-state index in [1.807, 2.05) is 6.92 Å². The van der Waals surface area contributed by atoms with E-state index in [0.717, 1.165) is 0 Å². The van der Waals surface area contributed by atoms with Crippen molar-refractivity contribution >= 4 is 21.8 Å². The van der Waals surface area contributed by atoms with Crippen LogP contribution in [0.3, 0.4) is 0 Å². The van der Waals surface area contributed by atoms with E-state index in [-0.39, 0.29) is 16.8 Å². The Kier molecular flexibility index (Phi) is 5.97. The standard InChI is InChI=1S/C20H21N3O5S/c1-4-27-16-10-8-14(9-11-16)18(24)21-20-23-22-19(28-20)15-6-5-7-17(12-15)29(25,26)13(2)3/h5-13H,4H2,1-3H3,(H,21,23,24). The Morgan fingerprint density at radius 3 is 2.52 bits per heavy atom. The molecule has 0 aliphatic carbocycles. The number of ether oxygens (including phenoxy) is 1. The zero-order chi connectivity index (χ0) is 21.0. The third-order valence-corrected chi connectivity index (χ3v) is 6.26. The van der Waals surface area contributed by atoms with Crippen LogP contribution in [0, 0.1) is 0 Å². The number of hydrogen-bond acceptors (Lipinski definition) is 7. The Balaban J connectivity index is 1.76. The molecule has 1 heterocycles. The molecule has 0 saturated heterocycles. The first-order valence-corrected chi connectivity index (χ1v) is 10.6. The van der Waals surface area contributed by atoms with Gasteiger partial charge in [0.05, 0.1) is 16.8 Å². The van der Waals surface area contributed by atoms with Crippen LogP contribution in [0.4, 0.5) is 6.01 Å². The Hall–Kier alpha value is -3.20. The van der Waals surface area contributed by atoms with Gasteiger partial charge < -0.3 is 9.15 Å². The molecule has 0 fully saturated rings. The maximum absolute atomic E-state index is 12.4. The van der Waals surface area contributed by atoms with Crippen molar-refractivity contribution < 1.29 is 22.4 Å². The van der Waals surface area contributed by atoms with Crippen LogP contribution in [0.25, 0.3) is 11.5 Å². The summed E-state index contributed by atoms with van der Waals surface area (Å²) in [6, 6.07) is 12.8. The highest BCUT2D eigenvalue weighted by Gasteiger charge is 2.20. The van der Waals surface area contributed by atoms with E-state index >= 15 is 0 Å². The quantitative estimate of drug-likeness (QED) is 0.628. The van der Waals surface area contributed by atoms with E-state index < -0.39 is 21.0 Å². The second-order valence-electron chi connectivity index (χ2n) is 6.45. The summed E-state index contributed by atoms with van der Waals surface area (Å²) in [7, 11) is -3.43. The van der Waals surface area contributed by atoms with Gasteiger partial charge in [0.25, 0.3) is 5.91 Å². The van der Waals surface area contributed by atoms with Crippen LogP contribution in [0.15, 0.2) is 57.8 Å². The highest BCUT2D eigenvalue weighted by Crippen LogP contribution is 2.25. The molecule has 0 radical (unpaired) electrons. The van der Waals surface area contributed by atoms with Crippen molar-refractivity contribution in [1.29, 1.82) is 0 Å². The highest BCUT2D eigenvalue weighted by molar-refractivity contribution is 7.92. The predicted molar refractivity (Wildman–Crippen MR) is 108 cm³/mol. The molecule has 0 aliphatic rings. The lowest BCUT2D eigenvalue weighted by molar-refractivity contribution is 0.102. The number of rotatable bonds is 7. The Morgan fingerprint density at radius 2 is 1.86 bits per heavy atom. The number of nitrogens with one attached hydrogen (secondary N) is 1. The van der Waals surface area contributed by atoms with Gasteiger partial charge in [0, 0.05) is 11.1 Å². The summed E-state index contributed by atoms with van der Waals surface area (Å²) >= 11 is 0. The van der Waals surface area contributed by atoms with Crippen molar-refractivity contribution in [2.45, 2.75) is 30.9 Å². The van der Waals surface area contributed by atoms with Crippen molar-refractivity contribution in [2.75, 3.05) is 11.9 Å². The summed E-state index contributed by atoms with van der Waals surface area (Å²) in [4.78, 5) is 12.5. The molecule has 1 aromatic heterocycles. The van der Waals surface area contributed by atoms with Crippen molar-refractivity contribution in [3.63, 3.8) is 0 Å². The van der Waals surface area contributed by atoms with Gasteiger partial charge in [-0.05, 0) is 63.2 Å². The Bertz CT molecular complexity index is 1110. The van der Waals surface area contributed by atoms with Gasteiger partial charge >= 0.3 is 6.01 Å². The molecule has 0 aliphatic heterocycles. The minimum Gasteiger partial charge on any atom is -0.494 e. The smallest absolute Gasteiger partial charge is 0.322 e. The minimum atomic E-state index is -3.43. The van der Waals surface area contributed by atoms with Crippen LogP contribution in [-0.4, -0.2) is 36.4 Å². The lowest BCUT2D eigenvalue weighted by Gasteiger charge is -2.08. The summed E-state index contributed by atoms with van der Waals surface area (Å²) in [5.41, 5.74) is 0.846. The molecule has 9 heteroatoms. The monoisotopic (exact) mass is 415 g/mol. The van der Waals surface area contributed by atoms with Crippen LogP contribution < -0.4 is 10.1 Å². The molecular formula is C20H21N3O5S. The number of anilines is 1. The molecule has 2 aromatic carbocycles. The fourth-order valence-corrected chi connectivity index (χ4v) is 3.61. The Labute approximate surface area is 168 Å². The Morgan fingerprint density at radius 1 is 1.14 bits per heavy atom. The summed E-state index contributed by atoms with van der Waals surface area (Å²) in [5, 5.41) is 9.68. The van der Waals surface area contributed by atoms with Gasteiger partial charge in [0.1, 0.15) is 5.75 Å². The van der Waals surface area contributed by atoms with Crippen LogP contribution >= 0.6 is 0 Å². The summed E-state index contributed by atoms with van der Waals surface area (Å²) in [6.07, 6.45) is 0. The van der Waals surface area contributed by atoms with E-state index in [9.17, 15) is 13.2 Å². The fourth-order valence-electron chi connectivity index (χ4n) is 2.51. The normalized spacial score (nSPS) is 11.4. The van der Waals surface area contributed by atoms with Crippen molar-refractivity contribution in [3.8, 4) is 17.2 Å². The third kappa shape index (κ3) is 4.62. The van der Waals surface area contributed by atoms with Crippen molar-refractivity contribution in [2.24, 2.45) is 0 Å². The SMILES string of the molecule is CCOc1ccc(C(=O)Nc2nnc(-c3cccc(S(=O)(=O)C(C)C)c3)o2)cc1. The average Bonchev–Trinajstić information content (AvgIpc) is 3.17. The number of hydrogen-bond donors (Lipinski definition) is 1. The maximum atomic E-state index is 12.4. The largest absolute Gasteiger partial charge is 0.494 e. The maximum Gasteiger partial charge on any atom is 0.322 e. The molecule has 1 N–H and O–H groups in total. The van der Waals surface area contributed by atoms with Gasteiger partial charge in [0.15, 0.2) is 9.84 Å². The molecule has 8 nitrogen and oxygen atoms in total. The summed E-state index contributed by atoms with van der Waals surface area (Å²) in [5.74, 6) is 0.354. The molecule has 152 valence electrons. The molecule has 0 saturated carbocycles. The first-order chi connectivity index (χ1) is 13.8. The number of carbonyl (C=O) groups is 1. The van der Waals surface area contributed by atoms with Gasteiger partial charge in [-0.25, -0.2) is 8.42 Å². The lowest BCUT2D eigenvalue weighted by atomic mass is 10.2. The molecule has 29 heavy (non-hydrogen) atoms. The van der Waals surface area contributed by atoms with Gasteiger partial charge in [-0.15, -0.1) is 5.10 Å². The van der Waals surface area contributed by atoms with E-state index in [1.165, 1.54) is 12.1 Å². The number of amides is 1. The second-order valence-corrected chi connectivity index (χ2v) is 8.95. The third-order valence-electron chi connectivity index (χ3n) is 4.10. The fraction of sp³-hybridized carbons (Fsp3) is 0.250. The summed E-state index contributed by atoms with van der Waals surface area (Å²) in [6.45, 7) is 5.64. The molecule has 1 amide bonds. The molecular weight excluding hydrogens is 394 g/mol. The topological polar surface area (TPSA) is 111 Å². The number of aromatic nitrogens is 2. The molecule has 0 atom stereocenters. The average molecular weight is 415 g/mol. The molecule has 0 bridgehead atoms. The lowest BCUT2D eigenvalue weighted by Crippen LogP contribution is -2.13. The van der Waals surface area contributed by atoms with Gasteiger partial charge in [0.2, 0.25) is 5.89 Å². The highest BCUT2D eigenvalue weighted by atomic mass is 32.2. The molecule has 3 rings (SSSR count). The minimum absolute atomic E-state index is 0.0870. The predicted octanol–water partition coefficient (Wildman–Crippen LogP) is 3.57. The summed E-state index contributed by atoms with van der Waals surface area (Å²) < 4.78 is 35.5. The van der Waals surface area contributed by atoms with E-state index in [1.54, 1.807) is 50.2 Å². The second kappa shape index (κ2) is 8.44. The van der Waals surface area contributed by atoms with E-state index in [2.05, 4.69) is 15.5 Å². The van der Waals surface area contributed by atoms with Crippen molar-refractivity contribution in [1.82, 2.24) is 10.2 Å². The number of carbonyl (C=O) groups excluding carboxylic acids is 1. The van der Waals surface area contributed by atoms with E-state index in [0.29, 0.717) is 23.5 Å². The van der Waals surface area contributed by atoms with Crippen LogP contribution in [0.1, 0.15) is 31.1 Å². The van der Waals surface area contributed by atoms with Crippen LogP contribution in [-0.2, 0) is 9.84 Å². The number of nitrogens with zero attached hydrogens (tertiary/aromatic N) is 2. The van der Waals surface area contributed by atoms with Gasteiger partial charge in [-0.1, -0.05) is 11.2 Å². The molecule has 0 spiro atoms. The zero-order valence-corrected chi connectivity index (χ0v) is 17.1. The van der Waals surface area contributed by atoms with Crippen LogP contribution in [0.2, 0.25) is 0 Å². The van der Waals surface area contributed by atoms with Crippen LogP contribution in [0.5, 0.6) is 5.75 Å². The van der Waals surface area contributed by atoms with E-state index in [4.69, 9.17) is 9.15 Å². The van der Waals surface area contributed by atoms with Crippen molar-refractivity contribution in [3.05, 3.63) is 54.1 Å². The molecule has 0 unspecified atom stereocenters. The van der Waals surface area contributed by atoms with Gasteiger partial charge in [-0.3, -0.25) is 10.1 Å². The first-order valence-electron chi connectivity index (χ1n) is 9.03. The number of benzene rings is 2. The zero-order valence-electron chi connectivity index (χ0n) is 16.2.